The number of nitrogens with one attached hydrogen (secondary N) is 1. The highest BCUT2D eigenvalue weighted by Crippen LogP contribution is 2.10. The fraction of sp³-hybridized carbons (Fsp3) is 1.00. The topological polar surface area (TPSA) is 93.0 Å². The number of β-amino-alcohol motifs (C(OH)–C–C–N with tert-alkyl or cyclic N) is 1. The van der Waals surface area contributed by atoms with E-state index >= 15 is 0 Å². The number of hydrogen-bond donors (Lipinski definition) is 5. The molecule has 0 bridgehead atoms. The van der Waals surface area contributed by atoms with Gasteiger partial charge < -0.3 is 25.7 Å². The van der Waals surface area contributed by atoms with Crippen molar-refractivity contribution in [1.82, 2.24) is 5.32 Å². The van der Waals surface area contributed by atoms with Crippen LogP contribution in [0.3, 0.4) is 0 Å². The lowest BCUT2D eigenvalue weighted by atomic mass is 10.0. The molecule has 0 unspecified atom stereocenters. The molecule has 0 radical (unpaired) electrons. The van der Waals surface area contributed by atoms with Gasteiger partial charge in [-0.2, -0.15) is 0 Å². The monoisotopic (exact) mass is 177 g/mol. The molecular formula is C7H15NO4. The van der Waals surface area contributed by atoms with Gasteiger partial charge in [0, 0.05) is 12.6 Å². The molecule has 0 saturated carbocycles. The van der Waals surface area contributed by atoms with Crippen LogP contribution in [0.2, 0.25) is 0 Å². The van der Waals surface area contributed by atoms with E-state index in [0.717, 1.165) is 0 Å². The van der Waals surface area contributed by atoms with Crippen molar-refractivity contribution in [1.29, 1.82) is 0 Å². The first-order valence-electron chi connectivity index (χ1n) is 4.03. The summed E-state index contributed by atoms with van der Waals surface area (Å²) >= 11 is 0. The van der Waals surface area contributed by atoms with E-state index in [1.807, 2.05) is 0 Å². The normalized spacial score (nSPS) is 44.0. The minimum Gasteiger partial charge on any atom is -0.395 e. The van der Waals surface area contributed by atoms with Gasteiger partial charge in [-0.25, -0.2) is 0 Å². The van der Waals surface area contributed by atoms with Gasteiger partial charge in [0.15, 0.2) is 0 Å². The number of hydrogen-bond acceptors (Lipinski definition) is 5. The Labute approximate surface area is 70.6 Å². The Kier molecular flexibility index (Phi) is 3.42. The molecular weight excluding hydrogens is 162 g/mol. The third kappa shape index (κ3) is 2.15. The second-order valence-electron chi connectivity index (χ2n) is 3.15. The van der Waals surface area contributed by atoms with Crippen LogP contribution in [0.15, 0.2) is 0 Å². The highest BCUT2D eigenvalue weighted by Gasteiger charge is 2.30. The Hall–Kier alpha value is -0.200. The van der Waals surface area contributed by atoms with E-state index in [1.165, 1.54) is 0 Å². The predicted octanol–water partition coefficient (Wildman–Crippen LogP) is -2.58. The van der Waals surface area contributed by atoms with Gasteiger partial charge in [0.1, 0.15) is 6.10 Å². The van der Waals surface area contributed by atoms with Gasteiger partial charge in [-0.3, -0.25) is 0 Å². The minimum absolute atomic E-state index is 0.101. The Morgan fingerprint density at radius 1 is 1.17 bits per heavy atom. The molecule has 0 aromatic heterocycles. The first kappa shape index (κ1) is 9.88. The average molecular weight is 177 g/mol. The van der Waals surface area contributed by atoms with Crippen molar-refractivity contribution in [3.8, 4) is 0 Å². The third-order valence-electron chi connectivity index (χ3n) is 2.15. The summed E-state index contributed by atoms with van der Waals surface area (Å²) in [6.45, 7) is 0.0972. The highest BCUT2D eigenvalue weighted by molar-refractivity contribution is 4.86. The SMILES string of the molecule is OC[C@@H]1C[C@@H](O)[C@H](O)[C@H](O)CN1. The lowest BCUT2D eigenvalue weighted by Crippen LogP contribution is -2.39. The van der Waals surface area contributed by atoms with Gasteiger partial charge in [0.25, 0.3) is 0 Å². The van der Waals surface area contributed by atoms with Crippen LogP contribution in [0.1, 0.15) is 6.42 Å². The van der Waals surface area contributed by atoms with E-state index in [2.05, 4.69) is 5.32 Å². The van der Waals surface area contributed by atoms with Crippen molar-refractivity contribution in [2.24, 2.45) is 0 Å². The third-order valence-corrected chi connectivity index (χ3v) is 2.15. The van der Waals surface area contributed by atoms with E-state index in [4.69, 9.17) is 5.11 Å². The maximum Gasteiger partial charge on any atom is 0.107 e. The highest BCUT2D eigenvalue weighted by atomic mass is 16.4. The second kappa shape index (κ2) is 4.15. The Bertz CT molecular complexity index is 143. The molecule has 72 valence electrons. The zero-order valence-electron chi connectivity index (χ0n) is 6.72. The zero-order chi connectivity index (χ0) is 9.14. The summed E-state index contributed by atoms with van der Waals surface area (Å²) < 4.78 is 0. The summed E-state index contributed by atoms with van der Waals surface area (Å²) in [5.41, 5.74) is 0. The summed E-state index contributed by atoms with van der Waals surface area (Å²) in [6, 6.07) is -0.244. The van der Waals surface area contributed by atoms with E-state index in [1.54, 1.807) is 0 Å². The summed E-state index contributed by atoms with van der Waals surface area (Å²) in [7, 11) is 0. The Morgan fingerprint density at radius 3 is 2.42 bits per heavy atom. The maximum atomic E-state index is 9.27. The molecule has 1 aliphatic rings. The van der Waals surface area contributed by atoms with E-state index < -0.39 is 18.3 Å². The molecule has 12 heavy (non-hydrogen) atoms. The quantitative estimate of drug-likeness (QED) is 0.303. The Balaban J connectivity index is 2.53. The number of rotatable bonds is 1. The van der Waals surface area contributed by atoms with Gasteiger partial charge >= 0.3 is 0 Å². The van der Waals surface area contributed by atoms with Crippen LogP contribution >= 0.6 is 0 Å². The van der Waals surface area contributed by atoms with Crippen molar-refractivity contribution in [2.75, 3.05) is 13.2 Å². The molecule has 1 heterocycles. The molecule has 5 heteroatoms. The van der Waals surface area contributed by atoms with Gasteiger partial charge in [0.05, 0.1) is 18.8 Å². The molecule has 0 amide bonds. The maximum absolute atomic E-state index is 9.27. The summed E-state index contributed by atoms with van der Waals surface area (Å²) in [6.07, 6.45) is -2.79. The molecule has 0 aliphatic carbocycles. The van der Waals surface area contributed by atoms with Crippen LogP contribution < -0.4 is 5.32 Å². The molecule has 1 saturated heterocycles. The first-order chi connectivity index (χ1) is 5.65. The van der Waals surface area contributed by atoms with Crippen LogP contribution in [-0.2, 0) is 0 Å². The van der Waals surface area contributed by atoms with Crippen molar-refractivity contribution in [2.45, 2.75) is 30.8 Å². The molecule has 0 aromatic rings. The average Bonchev–Trinajstić information content (AvgIpc) is 2.19. The fourth-order valence-corrected chi connectivity index (χ4v) is 1.32. The molecule has 5 N–H and O–H groups in total. The van der Waals surface area contributed by atoms with Crippen LogP contribution in [0.5, 0.6) is 0 Å². The molecule has 1 fully saturated rings. The van der Waals surface area contributed by atoms with Gasteiger partial charge in [-0.05, 0) is 6.42 Å². The molecule has 4 atom stereocenters. The summed E-state index contributed by atoms with van der Waals surface area (Å²) in [4.78, 5) is 0. The zero-order valence-corrected chi connectivity index (χ0v) is 6.72. The standard InChI is InChI=1S/C7H15NO4/c9-3-4-1-5(10)7(12)6(11)2-8-4/h4-12H,1-3H2/t4-,5+,6+,7-/m0/s1. The largest absolute Gasteiger partial charge is 0.395 e. The predicted molar refractivity (Wildman–Crippen MR) is 41.5 cm³/mol. The Morgan fingerprint density at radius 2 is 1.83 bits per heavy atom. The number of aliphatic hydroxyl groups excluding tert-OH is 4. The van der Waals surface area contributed by atoms with Gasteiger partial charge in [-0.15, -0.1) is 0 Å². The van der Waals surface area contributed by atoms with Crippen molar-refractivity contribution >= 4 is 0 Å². The molecule has 5 nitrogen and oxygen atoms in total. The lowest BCUT2D eigenvalue weighted by molar-refractivity contribution is -0.0517. The van der Waals surface area contributed by atoms with Crippen molar-refractivity contribution < 1.29 is 20.4 Å². The van der Waals surface area contributed by atoms with Crippen LogP contribution in [0.25, 0.3) is 0 Å². The lowest BCUT2D eigenvalue weighted by Gasteiger charge is -2.18. The van der Waals surface area contributed by atoms with Crippen molar-refractivity contribution in [3.05, 3.63) is 0 Å². The van der Waals surface area contributed by atoms with Crippen molar-refractivity contribution in [3.63, 3.8) is 0 Å². The number of aliphatic hydroxyl groups is 4. The summed E-state index contributed by atoms with van der Waals surface area (Å²) in [5.74, 6) is 0. The molecule has 0 spiro atoms. The van der Waals surface area contributed by atoms with Gasteiger partial charge in [0.2, 0.25) is 0 Å². The smallest absolute Gasteiger partial charge is 0.107 e. The van der Waals surface area contributed by atoms with E-state index in [9.17, 15) is 15.3 Å². The first-order valence-corrected chi connectivity index (χ1v) is 4.03. The van der Waals surface area contributed by atoms with Crippen LogP contribution in [0, 0.1) is 0 Å². The van der Waals surface area contributed by atoms with Crippen LogP contribution in [0.4, 0.5) is 0 Å². The van der Waals surface area contributed by atoms with E-state index in [0.29, 0.717) is 0 Å². The van der Waals surface area contributed by atoms with Crippen LogP contribution in [-0.4, -0.2) is 57.9 Å². The second-order valence-corrected chi connectivity index (χ2v) is 3.15. The van der Waals surface area contributed by atoms with Gasteiger partial charge in [-0.1, -0.05) is 0 Å². The molecule has 1 aliphatic heterocycles. The van der Waals surface area contributed by atoms with E-state index in [-0.39, 0.29) is 25.6 Å². The molecule has 0 aromatic carbocycles. The molecule has 1 rings (SSSR count). The fourth-order valence-electron chi connectivity index (χ4n) is 1.32. The minimum atomic E-state index is -1.12. The summed E-state index contributed by atoms with van der Waals surface area (Å²) in [5, 5.41) is 39.3.